The van der Waals surface area contributed by atoms with E-state index in [9.17, 15) is 0 Å². The molecule has 0 unspecified atom stereocenters. The molecule has 0 amide bonds. The van der Waals surface area contributed by atoms with Gasteiger partial charge in [0, 0.05) is 12.2 Å². The Kier molecular flexibility index (Phi) is 5.02. The van der Waals surface area contributed by atoms with E-state index in [0.717, 1.165) is 48.5 Å². The number of aryl methyl sites for hydroxylation is 1. The fraction of sp³-hybridized carbons (Fsp3) is 0.550. The van der Waals surface area contributed by atoms with Gasteiger partial charge in [0.25, 0.3) is 0 Å². The number of nitrogens with two attached hydrogens (primary N) is 1. The SMILES string of the molecule is Cc1ccccc1Nc1nc(N)nc(CN2CC[C@@H]3CCCC[C@@H]3C2)n1. The number of nitrogens with one attached hydrogen (secondary N) is 1. The molecular formula is C20H28N6. The number of aromatic nitrogens is 3. The Balaban J connectivity index is 1.45. The Morgan fingerprint density at radius 1 is 1.08 bits per heavy atom. The van der Waals surface area contributed by atoms with Crippen molar-refractivity contribution in [3.8, 4) is 0 Å². The molecule has 2 aromatic rings. The number of hydrogen-bond acceptors (Lipinski definition) is 6. The van der Waals surface area contributed by atoms with Crippen LogP contribution in [0.15, 0.2) is 24.3 Å². The van der Waals surface area contributed by atoms with Crippen LogP contribution in [-0.2, 0) is 6.54 Å². The molecule has 1 aromatic carbocycles. The molecule has 6 heteroatoms. The zero-order valence-corrected chi connectivity index (χ0v) is 15.5. The van der Waals surface area contributed by atoms with Crippen molar-refractivity contribution >= 4 is 17.6 Å². The van der Waals surface area contributed by atoms with Gasteiger partial charge < -0.3 is 11.1 Å². The van der Waals surface area contributed by atoms with E-state index in [1.54, 1.807) is 0 Å². The number of fused-ring (bicyclic) bond motifs is 1. The van der Waals surface area contributed by atoms with E-state index in [1.807, 2.05) is 18.2 Å². The first kappa shape index (κ1) is 17.2. The lowest BCUT2D eigenvalue weighted by Gasteiger charge is -2.41. The zero-order valence-electron chi connectivity index (χ0n) is 15.5. The first-order valence-electron chi connectivity index (χ1n) is 9.73. The first-order valence-corrected chi connectivity index (χ1v) is 9.73. The molecule has 0 spiro atoms. The van der Waals surface area contributed by atoms with Gasteiger partial charge in [0.1, 0.15) is 5.82 Å². The minimum Gasteiger partial charge on any atom is -0.368 e. The Bertz CT molecular complexity index is 762. The van der Waals surface area contributed by atoms with Gasteiger partial charge in [-0.05, 0) is 49.8 Å². The quantitative estimate of drug-likeness (QED) is 0.876. The average molecular weight is 352 g/mol. The van der Waals surface area contributed by atoms with Crippen LogP contribution in [0.3, 0.4) is 0 Å². The number of piperidine rings is 1. The second-order valence-electron chi connectivity index (χ2n) is 7.70. The molecular weight excluding hydrogens is 324 g/mol. The molecule has 0 radical (unpaired) electrons. The molecule has 2 fully saturated rings. The van der Waals surface area contributed by atoms with Crippen LogP contribution in [0.2, 0.25) is 0 Å². The minimum atomic E-state index is 0.277. The van der Waals surface area contributed by atoms with Gasteiger partial charge in [0.15, 0.2) is 0 Å². The molecule has 1 saturated carbocycles. The average Bonchev–Trinajstić information content (AvgIpc) is 2.63. The van der Waals surface area contributed by atoms with Gasteiger partial charge in [0.05, 0.1) is 6.54 Å². The maximum atomic E-state index is 5.94. The third kappa shape index (κ3) is 3.96. The second-order valence-corrected chi connectivity index (χ2v) is 7.70. The van der Waals surface area contributed by atoms with Gasteiger partial charge in [-0.1, -0.05) is 37.5 Å². The highest BCUT2D eigenvalue weighted by atomic mass is 15.2. The van der Waals surface area contributed by atoms with Crippen LogP contribution in [-0.4, -0.2) is 32.9 Å². The Morgan fingerprint density at radius 2 is 1.88 bits per heavy atom. The van der Waals surface area contributed by atoms with Crippen LogP contribution in [0.4, 0.5) is 17.6 Å². The van der Waals surface area contributed by atoms with Crippen molar-refractivity contribution in [1.29, 1.82) is 0 Å². The van der Waals surface area contributed by atoms with Crippen LogP contribution in [0, 0.1) is 18.8 Å². The number of nitrogen functional groups attached to an aromatic ring is 1. The predicted octanol–water partition coefficient (Wildman–Crippen LogP) is 3.52. The molecule has 26 heavy (non-hydrogen) atoms. The number of anilines is 3. The van der Waals surface area contributed by atoms with Crippen molar-refractivity contribution in [2.45, 2.75) is 45.6 Å². The fourth-order valence-electron chi connectivity index (χ4n) is 4.42. The Hall–Kier alpha value is -2.21. The normalized spacial score (nSPS) is 23.4. The number of hydrogen-bond donors (Lipinski definition) is 2. The molecule has 1 aromatic heterocycles. The lowest BCUT2D eigenvalue weighted by Crippen LogP contribution is -2.41. The van der Waals surface area contributed by atoms with Crippen molar-refractivity contribution in [1.82, 2.24) is 19.9 Å². The zero-order chi connectivity index (χ0) is 17.9. The third-order valence-electron chi connectivity index (χ3n) is 5.83. The number of nitrogens with zero attached hydrogens (tertiary/aromatic N) is 4. The summed E-state index contributed by atoms with van der Waals surface area (Å²) in [6.07, 6.45) is 6.90. The Morgan fingerprint density at radius 3 is 2.73 bits per heavy atom. The molecule has 6 nitrogen and oxygen atoms in total. The molecule has 1 saturated heterocycles. The van der Waals surface area contributed by atoms with Crippen molar-refractivity contribution < 1.29 is 0 Å². The van der Waals surface area contributed by atoms with Crippen molar-refractivity contribution in [3.05, 3.63) is 35.7 Å². The molecule has 138 valence electrons. The fourth-order valence-corrected chi connectivity index (χ4v) is 4.42. The molecule has 1 aliphatic heterocycles. The molecule has 2 heterocycles. The van der Waals surface area contributed by atoms with E-state index in [1.165, 1.54) is 32.1 Å². The molecule has 4 rings (SSSR count). The van der Waals surface area contributed by atoms with Gasteiger partial charge in [-0.25, -0.2) is 0 Å². The highest BCUT2D eigenvalue weighted by molar-refractivity contribution is 5.58. The van der Waals surface area contributed by atoms with Crippen LogP contribution < -0.4 is 11.1 Å². The summed E-state index contributed by atoms with van der Waals surface area (Å²) in [6.45, 7) is 5.10. The summed E-state index contributed by atoms with van der Waals surface area (Å²) in [7, 11) is 0. The molecule has 2 atom stereocenters. The monoisotopic (exact) mass is 352 g/mol. The minimum absolute atomic E-state index is 0.277. The van der Waals surface area contributed by atoms with Gasteiger partial charge in [-0.2, -0.15) is 15.0 Å². The van der Waals surface area contributed by atoms with Gasteiger partial charge in [0.2, 0.25) is 11.9 Å². The Labute approximate surface area is 155 Å². The summed E-state index contributed by atoms with van der Waals surface area (Å²) < 4.78 is 0. The van der Waals surface area contributed by atoms with Crippen LogP contribution >= 0.6 is 0 Å². The van der Waals surface area contributed by atoms with Crippen LogP contribution in [0.25, 0.3) is 0 Å². The van der Waals surface area contributed by atoms with E-state index in [2.05, 4.69) is 38.2 Å². The largest absolute Gasteiger partial charge is 0.368 e. The lowest BCUT2D eigenvalue weighted by atomic mass is 9.75. The lowest BCUT2D eigenvalue weighted by molar-refractivity contribution is 0.0803. The van der Waals surface area contributed by atoms with Gasteiger partial charge in [-0.3, -0.25) is 4.90 Å². The number of likely N-dealkylation sites (tertiary alicyclic amines) is 1. The third-order valence-corrected chi connectivity index (χ3v) is 5.83. The maximum Gasteiger partial charge on any atom is 0.232 e. The summed E-state index contributed by atoms with van der Waals surface area (Å²) in [4.78, 5) is 15.7. The summed E-state index contributed by atoms with van der Waals surface area (Å²) in [5.74, 6) is 3.33. The second kappa shape index (κ2) is 7.58. The van der Waals surface area contributed by atoms with E-state index >= 15 is 0 Å². The predicted molar refractivity (Wildman–Crippen MR) is 104 cm³/mol. The van der Waals surface area contributed by atoms with Crippen LogP contribution in [0.5, 0.6) is 0 Å². The standard InChI is InChI=1S/C20H28N6/c1-14-6-2-5-9-17(14)22-20-24-18(23-19(21)25-20)13-26-11-10-15-7-3-4-8-16(15)12-26/h2,5-6,9,15-16H,3-4,7-8,10-13H2,1H3,(H3,21,22,23,24,25)/t15-,16+/m0/s1. The van der Waals surface area contributed by atoms with E-state index in [4.69, 9.17) is 5.73 Å². The maximum absolute atomic E-state index is 5.94. The molecule has 3 N–H and O–H groups in total. The molecule has 0 bridgehead atoms. The van der Waals surface area contributed by atoms with E-state index in [-0.39, 0.29) is 5.95 Å². The summed E-state index contributed by atoms with van der Waals surface area (Å²) in [6, 6.07) is 8.09. The number of benzene rings is 1. The summed E-state index contributed by atoms with van der Waals surface area (Å²) >= 11 is 0. The number of rotatable bonds is 4. The summed E-state index contributed by atoms with van der Waals surface area (Å²) in [5.41, 5.74) is 8.08. The number of para-hydroxylation sites is 1. The van der Waals surface area contributed by atoms with Crippen molar-refractivity contribution in [2.24, 2.45) is 11.8 Å². The van der Waals surface area contributed by atoms with Crippen LogP contribution in [0.1, 0.15) is 43.5 Å². The van der Waals surface area contributed by atoms with E-state index < -0.39 is 0 Å². The van der Waals surface area contributed by atoms with Crippen molar-refractivity contribution in [3.63, 3.8) is 0 Å². The van der Waals surface area contributed by atoms with E-state index in [0.29, 0.717) is 5.95 Å². The van der Waals surface area contributed by atoms with Gasteiger partial charge >= 0.3 is 0 Å². The summed E-state index contributed by atoms with van der Waals surface area (Å²) in [5, 5.41) is 3.28. The highest BCUT2D eigenvalue weighted by Gasteiger charge is 2.31. The molecule has 2 aliphatic rings. The first-order chi connectivity index (χ1) is 12.7. The van der Waals surface area contributed by atoms with Crippen molar-refractivity contribution in [2.75, 3.05) is 24.1 Å². The highest BCUT2D eigenvalue weighted by Crippen LogP contribution is 2.36. The topological polar surface area (TPSA) is 80.0 Å². The van der Waals surface area contributed by atoms with Gasteiger partial charge in [-0.15, -0.1) is 0 Å². The smallest absolute Gasteiger partial charge is 0.232 e. The molecule has 1 aliphatic carbocycles.